The maximum absolute atomic E-state index is 16.4. The van der Waals surface area contributed by atoms with E-state index in [1.165, 1.54) is 11.1 Å². The standard InChI is InChI=1S/C67H58N2O2P2/c1-66(2,3)51-34-30-46(31-35-51)48-40-49(47-32-36-52(37-33-47)67(4,5)6)42-50(41-48)62-28-19-29-63(68-62)61-45-58(73(71,55-24-15-9-16-25-55)56-26-17-10-18-27-56)44-60-59-43-57(38-39-64(59)69-65(60)61)72(70,53-20-11-7-12-21-53)54-22-13-8-14-23-54/h7-45,69H,1-6H3. The fourth-order valence-electron chi connectivity index (χ4n) is 10.2. The van der Waals surface area contributed by atoms with Crippen LogP contribution in [0.2, 0.25) is 0 Å². The molecule has 0 radical (unpaired) electrons. The highest BCUT2D eigenvalue weighted by Crippen LogP contribution is 2.47. The van der Waals surface area contributed by atoms with Crippen molar-refractivity contribution in [3.8, 4) is 44.8 Å². The van der Waals surface area contributed by atoms with Gasteiger partial charge in [0.05, 0.1) is 16.9 Å². The first-order valence-corrected chi connectivity index (χ1v) is 28.5. The number of hydrogen-bond acceptors (Lipinski definition) is 3. The van der Waals surface area contributed by atoms with Gasteiger partial charge in [0.25, 0.3) is 0 Å². The maximum Gasteiger partial charge on any atom is 0.171 e. The molecule has 0 saturated carbocycles. The summed E-state index contributed by atoms with van der Waals surface area (Å²) in [5.41, 5.74) is 12.2. The van der Waals surface area contributed by atoms with Crippen molar-refractivity contribution in [2.24, 2.45) is 0 Å². The highest BCUT2D eigenvalue weighted by Gasteiger charge is 2.33. The SMILES string of the molecule is CC(C)(C)c1ccc(-c2cc(-c3ccc(C(C)(C)C)cc3)cc(-c3cccc(-c4cc(P(=O)(c5ccccc5)c5ccccc5)cc5c4[nH]c4ccc(P(=O)(c6ccccc6)c6ccccc6)cc45)n3)c2)cc1. The number of fused-ring (bicyclic) bond motifs is 3. The second-order valence-corrected chi connectivity index (χ2v) is 26.7. The molecule has 0 aliphatic rings. The molecule has 6 heteroatoms. The Labute approximate surface area is 429 Å². The average molecular weight is 985 g/mol. The van der Waals surface area contributed by atoms with E-state index in [2.05, 4.69) is 150 Å². The van der Waals surface area contributed by atoms with Gasteiger partial charge in [-0.3, -0.25) is 0 Å². The van der Waals surface area contributed by atoms with Gasteiger partial charge in [-0.2, -0.15) is 0 Å². The van der Waals surface area contributed by atoms with Crippen LogP contribution in [0.15, 0.2) is 237 Å². The summed E-state index contributed by atoms with van der Waals surface area (Å²) in [6.07, 6.45) is 0. The van der Waals surface area contributed by atoms with Gasteiger partial charge in [-0.1, -0.05) is 217 Å². The van der Waals surface area contributed by atoms with Gasteiger partial charge >= 0.3 is 0 Å². The van der Waals surface area contributed by atoms with Crippen molar-refractivity contribution < 1.29 is 9.13 Å². The van der Waals surface area contributed by atoms with E-state index in [1.807, 2.05) is 133 Å². The van der Waals surface area contributed by atoms with Gasteiger partial charge < -0.3 is 14.1 Å². The van der Waals surface area contributed by atoms with Crippen LogP contribution in [0.4, 0.5) is 0 Å². The third-order valence-electron chi connectivity index (χ3n) is 14.3. The first-order valence-electron chi connectivity index (χ1n) is 25.1. The molecule has 2 aromatic heterocycles. The molecule has 2 heterocycles. The molecule has 1 N–H and O–H groups in total. The van der Waals surface area contributed by atoms with Crippen LogP contribution < -0.4 is 31.8 Å². The molecule has 11 rings (SSSR count). The zero-order valence-electron chi connectivity index (χ0n) is 42.2. The highest BCUT2D eigenvalue weighted by atomic mass is 31.2. The average Bonchev–Trinajstić information content (AvgIpc) is 3.81. The number of rotatable bonds is 10. The van der Waals surface area contributed by atoms with Crippen molar-refractivity contribution in [3.63, 3.8) is 0 Å². The Morgan fingerprint density at radius 3 is 1.21 bits per heavy atom. The molecule has 4 nitrogen and oxygen atoms in total. The van der Waals surface area contributed by atoms with Crippen molar-refractivity contribution in [2.75, 3.05) is 0 Å². The maximum atomic E-state index is 16.4. The van der Waals surface area contributed by atoms with Crippen molar-refractivity contribution in [1.29, 1.82) is 0 Å². The molecule has 73 heavy (non-hydrogen) atoms. The van der Waals surface area contributed by atoms with E-state index in [0.717, 1.165) is 93.1 Å². The summed E-state index contributed by atoms with van der Waals surface area (Å²) in [6.45, 7) is 13.5. The molecule has 0 spiro atoms. The van der Waals surface area contributed by atoms with Gasteiger partial charge in [0, 0.05) is 59.2 Å². The molecule has 11 aromatic rings. The fourth-order valence-corrected chi connectivity index (χ4v) is 15.6. The van der Waals surface area contributed by atoms with Crippen LogP contribution in [0.5, 0.6) is 0 Å². The number of nitrogens with one attached hydrogen (secondary N) is 1. The predicted molar refractivity (Wildman–Crippen MR) is 312 cm³/mol. The molecule has 9 aromatic carbocycles. The number of pyridine rings is 1. The summed E-state index contributed by atoms with van der Waals surface area (Å²) in [4.78, 5) is 9.34. The minimum Gasteiger partial charge on any atom is -0.354 e. The lowest BCUT2D eigenvalue weighted by atomic mass is 9.85. The highest BCUT2D eigenvalue weighted by molar-refractivity contribution is 7.85. The van der Waals surface area contributed by atoms with Gasteiger partial charge in [0.1, 0.15) is 0 Å². The molecule has 0 bridgehead atoms. The van der Waals surface area contributed by atoms with E-state index in [0.29, 0.717) is 5.30 Å². The lowest BCUT2D eigenvalue weighted by Crippen LogP contribution is -2.25. The second kappa shape index (κ2) is 18.8. The van der Waals surface area contributed by atoms with E-state index >= 15 is 9.13 Å². The van der Waals surface area contributed by atoms with E-state index in [-0.39, 0.29) is 10.8 Å². The first-order chi connectivity index (χ1) is 35.2. The van der Waals surface area contributed by atoms with E-state index < -0.39 is 14.3 Å². The Morgan fingerprint density at radius 2 is 0.753 bits per heavy atom. The normalized spacial score (nSPS) is 12.4. The number of hydrogen-bond donors (Lipinski definition) is 1. The molecule has 0 fully saturated rings. The largest absolute Gasteiger partial charge is 0.354 e. The Morgan fingerprint density at radius 1 is 0.342 bits per heavy atom. The van der Waals surface area contributed by atoms with Gasteiger partial charge in [-0.15, -0.1) is 0 Å². The van der Waals surface area contributed by atoms with Crippen molar-refractivity contribution in [2.45, 2.75) is 52.4 Å². The van der Waals surface area contributed by atoms with Crippen LogP contribution >= 0.6 is 14.3 Å². The minimum absolute atomic E-state index is 0.0307. The van der Waals surface area contributed by atoms with Crippen LogP contribution in [0.3, 0.4) is 0 Å². The van der Waals surface area contributed by atoms with Crippen LogP contribution in [-0.2, 0) is 20.0 Å². The topological polar surface area (TPSA) is 62.8 Å². The Bertz CT molecular complexity index is 3730. The number of nitrogens with zero attached hydrogens (tertiary/aromatic N) is 1. The summed E-state index contributed by atoms with van der Waals surface area (Å²) in [7, 11) is -6.84. The number of aromatic amines is 1. The number of benzene rings is 9. The molecule has 0 aliphatic carbocycles. The fraction of sp³-hybridized carbons (Fsp3) is 0.119. The zero-order valence-corrected chi connectivity index (χ0v) is 44.0. The monoisotopic (exact) mass is 984 g/mol. The smallest absolute Gasteiger partial charge is 0.171 e. The van der Waals surface area contributed by atoms with Crippen molar-refractivity contribution >= 4 is 67.9 Å². The van der Waals surface area contributed by atoms with Crippen molar-refractivity contribution in [1.82, 2.24) is 9.97 Å². The van der Waals surface area contributed by atoms with Crippen LogP contribution in [-0.4, -0.2) is 9.97 Å². The summed E-state index contributed by atoms with van der Waals surface area (Å²) < 4.78 is 32.3. The Balaban J connectivity index is 1.14. The molecule has 0 unspecified atom stereocenters. The predicted octanol–water partition coefficient (Wildman–Crippen LogP) is 15.3. The molecule has 0 amide bonds. The van der Waals surface area contributed by atoms with Gasteiger partial charge in [0.15, 0.2) is 14.3 Å². The summed E-state index contributed by atoms with van der Waals surface area (Å²) in [6, 6.07) is 80.4. The van der Waals surface area contributed by atoms with Gasteiger partial charge in [-0.05, 0) is 105 Å². The van der Waals surface area contributed by atoms with Crippen LogP contribution in [0.25, 0.3) is 66.6 Å². The quantitative estimate of drug-likeness (QED) is 0.139. The van der Waals surface area contributed by atoms with Gasteiger partial charge in [-0.25, -0.2) is 4.98 Å². The number of H-pyrrole nitrogens is 1. The summed E-state index contributed by atoms with van der Waals surface area (Å²) >= 11 is 0. The molecule has 0 saturated heterocycles. The molecule has 0 atom stereocenters. The van der Waals surface area contributed by atoms with E-state index in [1.54, 1.807) is 0 Å². The molecular weight excluding hydrogens is 927 g/mol. The molecule has 358 valence electrons. The molecule has 0 aliphatic heterocycles. The summed E-state index contributed by atoms with van der Waals surface area (Å²) in [5.74, 6) is 0. The second-order valence-electron chi connectivity index (χ2n) is 21.2. The Hall–Kier alpha value is -7.61. The van der Waals surface area contributed by atoms with Crippen LogP contribution in [0.1, 0.15) is 52.7 Å². The lowest BCUT2D eigenvalue weighted by Gasteiger charge is -2.21. The Kier molecular flexibility index (Phi) is 12.3. The van der Waals surface area contributed by atoms with Crippen molar-refractivity contribution in [3.05, 3.63) is 248 Å². The lowest BCUT2D eigenvalue weighted by molar-refractivity contribution is 0.590. The third-order valence-corrected chi connectivity index (χ3v) is 20.4. The third kappa shape index (κ3) is 8.95. The number of aromatic nitrogens is 2. The van der Waals surface area contributed by atoms with Gasteiger partial charge in [0.2, 0.25) is 0 Å². The first kappa shape index (κ1) is 47.7. The molecular formula is C67H58N2O2P2. The van der Waals surface area contributed by atoms with Crippen LogP contribution in [0, 0.1) is 0 Å². The van der Waals surface area contributed by atoms with E-state index in [9.17, 15) is 0 Å². The van der Waals surface area contributed by atoms with E-state index in [4.69, 9.17) is 4.98 Å². The minimum atomic E-state index is -3.50. The summed E-state index contributed by atoms with van der Waals surface area (Å²) in [5, 5.41) is 6.16. The zero-order chi connectivity index (χ0) is 50.5.